The predicted molar refractivity (Wildman–Crippen MR) is 72.9 cm³/mol. The van der Waals surface area contributed by atoms with E-state index in [0.29, 0.717) is 5.52 Å². The molecule has 0 amide bonds. The molecule has 2 N–H and O–H groups in total. The molecule has 0 radical (unpaired) electrons. The molecule has 3 rings (SSSR count). The lowest BCUT2D eigenvalue weighted by Gasteiger charge is -1.99. The number of hydrogen-bond acceptors (Lipinski definition) is 2. The number of nitrogens with one attached hydrogen (secondary N) is 1. The number of nitrogens with zero attached hydrogens (tertiary/aromatic N) is 1. The van der Waals surface area contributed by atoms with Crippen molar-refractivity contribution in [3.8, 4) is 0 Å². The molecule has 1 heterocycles. The third kappa shape index (κ3) is 2.60. The summed E-state index contributed by atoms with van der Waals surface area (Å²) in [6.45, 7) is 0. The van der Waals surface area contributed by atoms with Gasteiger partial charge >= 0.3 is 0 Å². The van der Waals surface area contributed by atoms with E-state index in [9.17, 15) is 18.3 Å². The number of imidazole rings is 1. The summed E-state index contributed by atoms with van der Waals surface area (Å²) >= 11 is 0. The Morgan fingerprint density at radius 1 is 1.10 bits per heavy atom. The van der Waals surface area contributed by atoms with Gasteiger partial charge in [0.1, 0.15) is 17.4 Å². The van der Waals surface area contributed by atoms with Gasteiger partial charge in [0.05, 0.1) is 11.0 Å². The maximum absolute atomic E-state index is 13.1. The first-order valence-corrected chi connectivity index (χ1v) is 6.04. The van der Waals surface area contributed by atoms with E-state index in [-0.39, 0.29) is 22.7 Å². The van der Waals surface area contributed by atoms with Gasteiger partial charge in [0.2, 0.25) is 0 Å². The Balaban J connectivity index is 2.02. The third-order valence-corrected chi connectivity index (χ3v) is 2.94. The zero-order valence-electron chi connectivity index (χ0n) is 10.6. The maximum atomic E-state index is 13.1. The minimum atomic E-state index is -1.00. The van der Waals surface area contributed by atoms with Crippen LogP contribution in [0.1, 0.15) is 11.4 Å². The zero-order chi connectivity index (χ0) is 15.0. The molecular formula is C15H9F3N2O. The van der Waals surface area contributed by atoms with Crippen molar-refractivity contribution >= 4 is 22.9 Å². The van der Waals surface area contributed by atoms with Crippen LogP contribution in [-0.4, -0.2) is 15.1 Å². The van der Waals surface area contributed by atoms with Crippen molar-refractivity contribution in [2.24, 2.45) is 0 Å². The van der Waals surface area contributed by atoms with E-state index in [1.807, 2.05) is 0 Å². The molecule has 0 aliphatic rings. The van der Waals surface area contributed by atoms with E-state index < -0.39 is 17.5 Å². The van der Waals surface area contributed by atoms with Gasteiger partial charge < -0.3 is 10.1 Å². The zero-order valence-corrected chi connectivity index (χ0v) is 10.6. The van der Waals surface area contributed by atoms with Crippen molar-refractivity contribution in [1.29, 1.82) is 0 Å². The minimum absolute atomic E-state index is 0.205. The predicted octanol–water partition coefficient (Wildman–Crippen LogP) is 4.04. The van der Waals surface area contributed by atoms with Gasteiger partial charge in [-0.3, -0.25) is 0 Å². The highest BCUT2D eigenvalue weighted by atomic mass is 19.2. The van der Waals surface area contributed by atoms with Gasteiger partial charge in [-0.15, -0.1) is 0 Å². The third-order valence-electron chi connectivity index (χ3n) is 2.94. The number of hydrogen-bond donors (Lipinski definition) is 2. The van der Waals surface area contributed by atoms with E-state index in [1.165, 1.54) is 24.3 Å². The second kappa shape index (κ2) is 4.97. The molecule has 0 spiro atoms. The molecule has 1 aromatic heterocycles. The van der Waals surface area contributed by atoms with Crippen molar-refractivity contribution in [1.82, 2.24) is 9.97 Å². The van der Waals surface area contributed by atoms with Crippen molar-refractivity contribution in [3.05, 3.63) is 65.2 Å². The SMILES string of the molecule is OC(=Cc1nc2cc(F)c(F)cc2[nH]1)c1cccc(F)c1. The van der Waals surface area contributed by atoms with Gasteiger partial charge in [0.25, 0.3) is 0 Å². The van der Waals surface area contributed by atoms with E-state index in [1.54, 1.807) is 0 Å². The number of halogens is 3. The molecule has 0 atom stereocenters. The van der Waals surface area contributed by atoms with Crippen LogP contribution in [0.25, 0.3) is 22.9 Å². The largest absolute Gasteiger partial charge is 0.507 e. The van der Waals surface area contributed by atoms with Gasteiger partial charge in [-0.2, -0.15) is 0 Å². The van der Waals surface area contributed by atoms with Crippen LogP contribution < -0.4 is 0 Å². The number of aromatic nitrogens is 2. The fourth-order valence-corrected chi connectivity index (χ4v) is 1.95. The van der Waals surface area contributed by atoms with Gasteiger partial charge in [-0.25, -0.2) is 18.2 Å². The second-order valence-corrected chi connectivity index (χ2v) is 4.45. The van der Waals surface area contributed by atoms with Crippen molar-refractivity contribution < 1.29 is 18.3 Å². The average Bonchev–Trinajstić information content (AvgIpc) is 2.80. The molecule has 21 heavy (non-hydrogen) atoms. The van der Waals surface area contributed by atoms with Crippen LogP contribution in [0.2, 0.25) is 0 Å². The Morgan fingerprint density at radius 2 is 1.86 bits per heavy atom. The van der Waals surface area contributed by atoms with E-state index >= 15 is 0 Å². The standard InChI is InChI=1S/C15H9F3N2O/c16-9-3-1-2-8(4-9)14(21)7-15-19-12-5-10(17)11(18)6-13(12)20-15/h1-7,21H,(H,19,20). The average molecular weight is 290 g/mol. The summed E-state index contributed by atoms with van der Waals surface area (Å²) in [5, 5.41) is 9.92. The molecule has 3 aromatic rings. The number of aliphatic hydroxyl groups excluding tert-OH is 1. The van der Waals surface area contributed by atoms with Crippen LogP contribution in [0.3, 0.4) is 0 Å². The quantitative estimate of drug-likeness (QED) is 0.700. The first kappa shape index (κ1) is 13.2. The Hall–Kier alpha value is -2.76. The van der Waals surface area contributed by atoms with Gasteiger partial charge in [0.15, 0.2) is 11.6 Å². The van der Waals surface area contributed by atoms with Crippen LogP contribution in [0, 0.1) is 17.5 Å². The van der Waals surface area contributed by atoms with Gasteiger partial charge in [-0.1, -0.05) is 12.1 Å². The summed E-state index contributed by atoms with van der Waals surface area (Å²) in [5.74, 6) is -2.48. The van der Waals surface area contributed by atoms with E-state index in [0.717, 1.165) is 18.2 Å². The van der Waals surface area contributed by atoms with E-state index in [4.69, 9.17) is 0 Å². The molecule has 2 aromatic carbocycles. The number of rotatable bonds is 2. The summed E-state index contributed by atoms with van der Waals surface area (Å²) in [4.78, 5) is 6.74. The maximum Gasteiger partial charge on any atom is 0.161 e. The molecule has 106 valence electrons. The molecule has 0 unspecified atom stereocenters. The van der Waals surface area contributed by atoms with Crippen molar-refractivity contribution in [2.45, 2.75) is 0 Å². The Kier molecular flexibility index (Phi) is 3.13. The summed E-state index contributed by atoms with van der Waals surface area (Å²) in [6.07, 6.45) is 1.25. The number of fused-ring (bicyclic) bond motifs is 1. The normalized spacial score (nSPS) is 12.0. The van der Waals surface area contributed by atoms with Crippen LogP contribution in [-0.2, 0) is 0 Å². The Morgan fingerprint density at radius 3 is 2.62 bits per heavy atom. The highest BCUT2D eigenvalue weighted by Gasteiger charge is 2.09. The Bertz CT molecular complexity index is 816. The van der Waals surface area contributed by atoms with Crippen LogP contribution in [0.15, 0.2) is 36.4 Å². The summed E-state index contributed by atoms with van der Waals surface area (Å²) in [5.41, 5.74) is 0.798. The molecular weight excluding hydrogens is 281 g/mol. The highest BCUT2D eigenvalue weighted by molar-refractivity contribution is 5.81. The summed E-state index contributed by atoms with van der Waals surface area (Å²) in [7, 11) is 0. The summed E-state index contributed by atoms with van der Waals surface area (Å²) in [6, 6.07) is 7.33. The minimum Gasteiger partial charge on any atom is -0.507 e. The molecule has 6 heteroatoms. The molecule has 0 fully saturated rings. The molecule has 0 saturated heterocycles. The topological polar surface area (TPSA) is 48.9 Å². The lowest BCUT2D eigenvalue weighted by molar-refractivity contribution is 0.510. The van der Waals surface area contributed by atoms with Crippen molar-refractivity contribution in [3.63, 3.8) is 0 Å². The highest BCUT2D eigenvalue weighted by Crippen LogP contribution is 2.19. The lowest BCUT2D eigenvalue weighted by atomic mass is 10.2. The number of aliphatic hydroxyl groups is 1. The molecule has 0 saturated carbocycles. The smallest absolute Gasteiger partial charge is 0.161 e. The number of benzene rings is 2. The molecule has 0 aliphatic heterocycles. The summed E-state index contributed by atoms with van der Waals surface area (Å²) < 4.78 is 39.3. The molecule has 0 bridgehead atoms. The molecule has 0 aliphatic carbocycles. The first-order valence-electron chi connectivity index (χ1n) is 6.04. The monoisotopic (exact) mass is 290 g/mol. The van der Waals surface area contributed by atoms with Gasteiger partial charge in [-0.05, 0) is 12.1 Å². The first-order chi connectivity index (χ1) is 10.0. The lowest BCUT2D eigenvalue weighted by Crippen LogP contribution is -1.85. The Labute approximate surface area is 117 Å². The van der Waals surface area contributed by atoms with Gasteiger partial charge in [0, 0.05) is 23.8 Å². The fraction of sp³-hybridized carbons (Fsp3) is 0. The number of aromatic amines is 1. The fourth-order valence-electron chi connectivity index (χ4n) is 1.95. The van der Waals surface area contributed by atoms with E-state index in [2.05, 4.69) is 9.97 Å². The number of H-pyrrole nitrogens is 1. The second-order valence-electron chi connectivity index (χ2n) is 4.45. The van der Waals surface area contributed by atoms with Crippen LogP contribution >= 0.6 is 0 Å². The van der Waals surface area contributed by atoms with Crippen LogP contribution in [0.4, 0.5) is 13.2 Å². The molecule has 3 nitrogen and oxygen atoms in total. The van der Waals surface area contributed by atoms with Crippen LogP contribution in [0.5, 0.6) is 0 Å². The van der Waals surface area contributed by atoms with Crippen molar-refractivity contribution in [2.75, 3.05) is 0 Å².